The van der Waals surface area contributed by atoms with E-state index < -0.39 is 12.2 Å². The summed E-state index contributed by atoms with van der Waals surface area (Å²) < 4.78 is 10.1. The zero-order valence-electron chi connectivity index (χ0n) is 14.6. The Morgan fingerprint density at radius 2 is 1.81 bits per heavy atom. The number of aryl methyl sites for hydroxylation is 1. The predicted molar refractivity (Wildman–Crippen MR) is 100.0 cm³/mol. The molecule has 1 atom stereocenters. The van der Waals surface area contributed by atoms with E-state index in [9.17, 15) is 9.59 Å². The number of ether oxygens (including phenoxy) is 2. The first kappa shape index (κ1) is 19.1. The minimum atomic E-state index is -0.872. The fourth-order valence-electron chi connectivity index (χ4n) is 2.35. The van der Waals surface area contributed by atoms with Gasteiger partial charge in [-0.3, -0.25) is 4.79 Å². The number of primary amides is 1. The van der Waals surface area contributed by atoms with E-state index in [1.807, 2.05) is 30.3 Å². The van der Waals surface area contributed by atoms with Crippen LogP contribution in [0.3, 0.4) is 0 Å². The molecule has 2 amide bonds. The van der Waals surface area contributed by atoms with Gasteiger partial charge in [0.1, 0.15) is 11.9 Å². The number of carbonyl (C=O) groups is 2. The molecule has 0 aliphatic carbocycles. The Morgan fingerprint density at radius 1 is 1.12 bits per heavy atom. The largest absolute Gasteiger partial charge is 0.497 e. The number of anilines is 1. The van der Waals surface area contributed by atoms with Crippen LogP contribution < -0.4 is 15.8 Å². The lowest BCUT2D eigenvalue weighted by Crippen LogP contribution is -2.22. The van der Waals surface area contributed by atoms with Gasteiger partial charge in [0.25, 0.3) is 0 Å². The second-order valence-electron chi connectivity index (χ2n) is 5.58. The van der Waals surface area contributed by atoms with Crippen molar-refractivity contribution in [1.29, 1.82) is 0 Å². The summed E-state index contributed by atoms with van der Waals surface area (Å²) in [7, 11) is 1.57. The number of nitrogens with two attached hydrogens (primary N) is 1. The Balaban J connectivity index is 1.92. The van der Waals surface area contributed by atoms with E-state index in [0.29, 0.717) is 24.3 Å². The molecule has 0 spiro atoms. The van der Waals surface area contributed by atoms with Crippen molar-refractivity contribution in [1.82, 2.24) is 0 Å². The van der Waals surface area contributed by atoms with Gasteiger partial charge in [-0.15, -0.1) is 0 Å². The maximum absolute atomic E-state index is 12.0. The highest BCUT2D eigenvalue weighted by atomic mass is 16.6. The molecule has 0 heterocycles. The summed E-state index contributed by atoms with van der Waals surface area (Å²) in [6.45, 7) is 0. The van der Waals surface area contributed by atoms with E-state index in [2.05, 4.69) is 5.32 Å². The molecule has 0 aliphatic rings. The summed E-state index contributed by atoms with van der Waals surface area (Å²) >= 11 is 0. The number of hydrogen-bond acceptors (Lipinski definition) is 4. The highest BCUT2D eigenvalue weighted by Crippen LogP contribution is 2.15. The van der Waals surface area contributed by atoms with Gasteiger partial charge in [0.15, 0.2) is 0 Å². The van der Waals surface area contributed by atoms with Crippen LogP contribution in [-0.4, -0.2) is 25.2 Å². The molecule has 136 valence electrons. The summed E-state index contributed by atoms with van der Waals surface area (Å²) in [6.07, 6.45) is 2.65. The molecule has 3 N–H and O–H groups in total. The molecule has 0 saturated heterocycles. The summed E-state index contributed by atoms with van der Waals surface area (Å²) in [4.78, 5) is 23.1. The summed E-state index contributed by atoms with van der Waals surface area (Å²) in [5.41, 5.74) is 6.86. The third-order valence-electron chi connectivity index (χ3n) is 3.65. The van der Waals surface area contributed by atoms with Gasteiger partial charge < -0.3 is 20.5 Å². The van der Waals surface area contributed by atoms with Gasteiger partial charge in [-0.2, -0.15) is 0 Å². The average molecular weight is 354 g/mol. The number of carbonyl (C=O) groups excluding carboxylic acids is 2. The number of amides is 2. The maximum atomic E-state index is 12.0. The SMILES string of the molecule is COc1ccc(NC(=O)/C=C/[C@H](CCc2ccccc2)OC(N)=O)cc1. The van der Waals surface area contributed by atoms with Crippen LogP contribution in [0.15, 0.2) is 66.7 Å². The molecule has 6 nitrogen and oxygen atoms in total. The van der Waals surface area contributed by atoms with Crippen LogP contribution in [0.2, 0.25) is 0 Å². The van der Waals surface area contributed by atoms with Crippen molar-refractivity contribution in [3.8, 4) is 5.75 Å². The number of rotatable bonds is 8. The molecule has 0 saturated carbocycles. The minimum absolute atomic E-state index is 0.326. The van der Waals surface area contributed by atoms with Crippen LogP contribution in [0.1, 0.15) is 12.0 Å². The van der Waals surface area contributed by atoms with Gasteiger partial charge in [-0.05, 0) is 48.7 Å². The fourth-order valence-corrected chi connectivity index (χ4v) is 2.35. The van der Waals surface area contributed by atoms with Crippen LogP contribution in [0.5, 0.6) is 5.75 Å². The lowest BCUT2D eigenvalue weighted by atomic mass is 10.1. The van der Waals surface area contributed by atoms with Gasteiger partial charge in [0.2, 0.25) is 5.91 Å². The molecular formula is C20H22N2O4. The third kappa shape index (κ3) is 6.68. The van der Waals surface area contributed by atoms with E-state index in [4.69, 9.17) is 15.2 Å². The van der Waals surface area contributed by atoms with Crippen molar-refractivity contribution in [3.05, 3.63) is 72.3 Å². The fraction of sp³-hybridized carbons (Fsp3) is 0.200. The van der Waals surface area contributed by atoms with Crippen LogP contribution >= 0.6 is 0 Å². The number of benzene rings is 2. The standard InChI is InChI=1S/C20H22N2O4/c1-25-17-11-8-16(9-12-17)22-19(23)14-13-18(26-20(21)24)10-7-15-5-3-2-4-6-15/h2-6,8-9,11-14,18H,7,10H2,1H3,(H2,21,24)(H,22,23)/b14-13+/t18-/m0/s1. The van der Waals surface area contributed by atoms with Crippen molar-refractivity contribution in [3.63, 3.8) is 0 Å². The van der Waals surface area contributed by atoms with Crippen molar-refractivity contribution in [2.45, 2.75) is 18.9 Å². The van der Waals surface area contributed by atoms with Gasteiger partial charge >= 0.3 is 6.09 Å². The zero-order valence-corrected chi connectivity index (χ0v) is 14.6. The average Bonchev–Trinajstić information content (AvgIpc) is 2.65. The Hall–Kier alpha value is -3.28. The summed E-state index contributed by atoms with van der Waals surface area (Å²) in [5, 5.41) is 2.72. The van der Waals surface area contributed by atoms with Crippen LogP contribution in [0.4, 0.5) is 10.5 Å². The minimum Gasteiger partial charge on any atom is -0.497 e. The van der Waals surface area contributed by atoms with E-state index in [0.717, 1.165) is 5.56 Å². The van der Waals surface area contributed by atoms with Crippen molar-refractivity contribution in [2.75, 3.05) is 12.4 Å². The highest BCUT2D eigenvalue weighted by molar-refractivity contribution is 5.99. The van der Waals surface area contributed by atoms with E-state index in [-0.39, 0.29) is 5.91 Å². The van der Waals surface area contributed by atoms with Gasteiger partial charge in [0.05, 0.1) is 7.11 Å². The van der Waals surface area contributed by atoms with Gasteiger partial charge in [0, 0.05) is 11.8 Å². The quantitative estimate of drug-likeness (QED) is 0.712. The monoisotopic (exact) mass is 354 g/mol. The molecular weight excluding hydrogens is 332 g/mol. The normalized spacial score (nSPS) is 11.7. The Bertz CT molecular complexity index is 742. The van der Waals surface area contributed by atoms with Crippen LogP contribution in [0.25, 0.3) is 0 Å². The molecule has 2 rings (SSSR count). The Labute approximate surface area is 152 Å². The van der Waals surface area contributed by atoms with E-state index >= 15 is 0 Å². The first-order valence-corrected chi connectivity index (χ1v) is 8.20. The molecule has 0 bridgehead atoms. The molecule has 0 radical (unpaired) electrons. The predicted octanol–water partition coefficient (Wildman–Crippen LogP) is 3.29. The Morgan fingerprint density at radius 3 is 2.42 bits per heavy atom. The number of nitrogens with one attached hydrogen (secondary N) is 1. The zero-order chi connectivity index (χ0) is 18.8. The molecule has 2 aromatic carbocycles. The maximum Gasteiger partial charge on any atom is 0.405 e. The van der Waals surface area contributed by atoms with Crippen molar-refractivity contribution < 1.29 is 19.1 Å². The van der Waals surface area contributed by atoms with Gasteiger partial charge in [-0.25, -0.2) is 4.79 Å². The van der Waals surface area contributed by atoms with Crippen LogP contribution in [-0.2, 0) is 16.0 Å². The molecule has 0 fully saturated rings. The lowest BCUT2D eigenvalue weighted by molar-refractivity contribution is -0.112. The summed E-state index contributed by atoms with van der Waals surface area (Å²) in [6, 6.07) is 16.8. The third-order valence-corrected chi connectivity index (χ3v) is 3.65. The first-order valence-electron chi connectivity index (χ1n) is 8.20. The highest BCUT2D eigenvalue weighted by Gasteiger charge is 2.10. The smallest absolute Gasteiger partial charge is 0.405 e. The number of hydrogen-bond donors (Lipinski definition) is 2. The molecule has 0 aliphatic heterocycles. The molecule has 26 heavy (non-hydrogen) atoms. The topological polar surface area (TPSA) is 90.7 Å². The second kappa shape index (κ2) is 9.88. The Kier molecular flexibility index (Phi) is 7.24. The summed E-state index contributed by atoms with van der Waals surface area (Å²) in [5.74, 6) is 0.377. The lowest BCUT2D eigenvalue weighted by Gasteiger charge is -2.12. The molecule has 0 aromatic heterocycles. The van der Waals surface area contributed by atoms with E-state index in [1.165, 1.54) is 12.2 Å². The van der Waals surface area contributed by atoms with Crippen LogP contribution in [0, 0.1) is 0 Å². The van der Waals surface area contributed by atoms with E-state index in [1.54, 1.807) is 31.4 Å². The first-order chi connectivity index (χ1) is 12.6. The number of methoxy groups -OCH3 is 1. The molecule has 6 heteroatoms. The van der Waals surface area contributed by atoms with Crippen molar-refractivity contribution >= 4 is 17.7 Å². The van der Waals surface area contributed by atoms with Gasteiger partial charge in [-0.1, -0.05) is 30.3 Å². The second-order valence-corrected chi connectivity index (χ2v) is 5.58. The van der Waals surface area contributed by atoms with Crippen molar-refractivity contribution in [2.24, 2.45) is 5.73 Å². The molecule has 2 aromatic rings. The molecule has 0 unspecified atom stereocenters.